The fraction of sp³-hybridized carbons (Fsp3) is 0.471. The van der Waals surface area contributed by atoms with Crippen molar-refractivity contribution in [2.75, 3.05) is 6.54 Å². The van der Waals surface area contributed by atoms with Gasteiger partial charge in [0.15, 0.2) is 0 Å². The number of aromatic nitrogens is 1. The molecule has 0 amide bonds. The summed E-state index contributed by atoms with van der Waals surface area (Å²) in [6.07, 6.45) is 2.26. The highest BCUT2D eigenvalue weighted by atomic mass is 32.1. The first-order chi connectivity index (χ1) is 10.2. The Balaban J connectivity index is 1.78. The first-order valence-corrected chi connectivity index (χ1v) is 8.41. The molecule has 1 aromatic heterocycles. The summed E-state index contributed by atoms with van der Waals surface area (Å²) in [4.78, 5) is 4.40. The average Bonchev–Trinajstić information content (AvgIpc) is 2.90. The van der Waals surface area contributed by atoms with Crippen LogP contribution in [0.15, 0.2) is 29.6 Å². The third-order valence-electron chi connectivity index (χ3n) is 3.40. The topological polar surface area (TPSA) is 34.1 Å². The van der Waals surface area contributed by atoms with Crippen LogP contribution in [0.5, 0.6) is 5.75 Å². The number of nitrogens with zero attached hydrogens (tertiary/aromatic N) is 1. The maximum Gasteiger partial charge on any atom is 0.131 e. The van der Waals surface area contributed by atoms with Gasteiger partial charge in [0, 0.05) is 11.4 Å². The molecule has 0 saturated carbocycles. The van der Waals surface area contributed by atoms with Crippen molar-refractivity contribution in [2.24, 2.45) is 0 Å². The molecule has 1 aromatic carbocycles. The minimum atomic E-state index is 0.543. The summed E-state index contributed by atoms with van der Waals surface area (Å²) in [6, 6.07) is 8.97. The van der Waals surface area contributed by atoms with E-state index in [9.17, 15) is 0 Å². The summed E-state index contributed by atoms with van der Waals surface area (Å²) in [5.74, 6) is 0.907. The molecule has 1 heterocycles. The van der Waals surface area contributed by atoms with Crippen LogP contribution in [0.3, 0.4) is 0 Å². The van der Waals surface area contributed by atoms with Crippen molar-refractivity contribution in [2.45, 2.75) is 46.3 Å². The van der Waals surface area contributed by atoms with Crippen molar-refractivity contribution in [1.29, 1.82) is 0 Å². The summed E-state index contributed by atoms with van der Waals surface area (Å²) in [5, 5.41) is 6.57. The van der Waals surface area contributed by atoms with E-state index in [1.165, 1.54) is 5.56 Å². The lowest BCUT2D eigenvalue weighted by Gasteiger charge is -2.12. The van der Waals surface area contributed by atoms with E-state index in [0.29, 0.717) is 12.6 Å². The van der Waals surface area contributed by atoms with E-state index in [0.717, 1.165) is 35.8 Å². The molecule has 21 heavy (non-hydrogen) atoms. The number of hydrogen-bond acceptors (Lipinski definition) is 4. The third-order valence-corrected chi connectivity index (χ3v) is 4.22. The van der Waals surface area contributed by atoms with Crippen molar-refractivity contribution < 1.29 is 4.74 Å². The Morgan fingerprint density at radius 1 is 1.29 bits per heavy atom. The number of nitrogens with one attached hydrogen (secondary N) is 1. The molecular formula is C17H24N2OS. The molecule has 1 atom stereocenters. The van der Waals surface area contributed by atoms with Crippen molar-refractivity contribution in [3.05, 3.63) is 45.9 Å². The summed E-state index contributed by atoms with van der Waals surface area (Å²) in [7, 11) is 0. The number of thiazole rings is 1. The van der Waals surface area contributed by atoms with E-state index < -0.39 is 0 Å². The zero-order valence-corrected chi connectivity index (χ0v) is 13.9. The molecule has 1 N–H and O–H groups in total. The lowest BCUT2D eigenvalue weighted by Crippen LogP contribution is -2.25. The molecule has 3 nitrogen and oxygen atoms in total. The van der Waals surface area contributed by atoms with Crippen LogP contribution >= 0.6 is 11.3 Å². The Labute approximate surface area is 131 Å². The summed E-state index contributed by atoms with van der Waals surface area (Å²) in [6.45, 7) is 7.96. The molecule has 0 aliphatic rings. The smallest absolute Gasteiger partial charge is 0.131 e. The first-order valence-electron chi connectivity index (χ1n) is 7.53. The van der Waals surface area contributed by atoms with E-state index in [2.05, 4.69) is 36.3 Å². The van der Waals surface area contributed by atoms with E-state index in [1.54, 1.807) is 11.3 Å². The second-order valence-corrected chi connectivity index (χ2v) is 6.35. The van der Waals surface area contributed by atoms with Gasteiger partial charge in [-0.1, -0.05) is 19.1 Å². The maximum atomic E-state index is 5.76. The number of benzene rings is 1. The molecule has 0 fully saturated rings. The van der Waals surface area contributed by atoms with Crippen molar-refractivity contribution in [3.63, 3.8) is 0 Å². The molecule has 114 valence electrons. The van der Waals surface area contributed by atoms with Gasteiger partial charge < -0.3 is 10.1 Å². The third kappa shape index (κ3) is 5.48. The number of aryl methyl sites for hydroxylation is 2. The van der Waals surface area contributed by atoms with Crippen LogP contribution in [0.1, 0.15) is 36.5 Å². The Morgan fingerprint density at radius 3 is 2.67 bits per heavy atom. The summed E-state index contributed by atoms with van der Waals surface area (Å²) in [5.41, 5.74) is 2.36. The lowest BCUT2D eigenvalue weighted by atomic mass is 10.1. The number of hydrogen-bond donors (Lipinski definition) is 1. The van der Waals surface area contributed by atoms with Crippen molar-refractivity contribution >= 4 is 11.3 Å². The van der Waals surface area contributed by atoms with E-state index in [-0.39, 0.29) is 0 Å². The van der Waals surface area contributed by atoms with Gasteiger partial charge in [-0.2, -0.15) is 0 Å². The normalized spacial score (nSPS) is 12.3. The molecule has 0 aliphatic carbocycles. The largest absolute Gasteiger partial charge is 0.487 e. The zero-order chi connectivity index (χ0) is 15.1. The average molecular weight is 304 g/mol. The van der Waals surface area contributed by atoms with Crippen LogP contribution in [-0.2, 0) is 13.0 Å². The first kappa shape index (κ1) is 16.0. The fourth-order valence-electron chi connectivity index (χ4n) is 2.22. The van der Waals surface area contributed by atoms with E-state index in [4.69, 9.17) is 4.74 Å². The van der Waals surface area contributed by atoms with Gasteiger partial charge >= 0.3 is 0 Å². The van der Waals surface area contributed by atoms with E-state index in [1.807, 2.05) is 24.4 Å². The Bertz CT molecular complexity index is 536. The fourth-order valence-corrected chi connectivity index (χ4v) is 2.82. The zero-order valence-electron chi connectivity index (χ0n) is 13.1. The maximum absolute atomic E-state index is 5.76. The van der Waals surface area contributed by atoms with Gasteiger partial charge in [0.05, 0.1) is 10.7 Å². The highest BCUT2D eigenvalue weighted by Gasteiger charge is 2.02. The minimum Gasteiger partial charge on any atom is -0.487 e. The van der Waals surface area contributed by atoms with Crippen LogP contribution in [0.2, 0.25) is 0 Å². The second-order valence-electron chi connectivity index (χ2n) is 5.29. The Morgan fingerprint density at radius 2 is 2.05 bits per heavy atom. The van der Waals surface area contributed by atoms with Gasteiger partial charge in [-0.3, -0.25) is 0 Å². The molecule has 0 bridgehead atoms. The molecule has 0 radical (unpaired) electrons. The molecular weight excluding hydrogens is 280 g/mol. The SMILES string of the molecule is CCNC(C)CCc1ccc(OCc2csc(C)n2)cc1. The van der Waals surface area contributed by atoms with Crippen molar-refractivity contribution in [1.82, 2.24) is 10.3 Å². The highest BCUT2D eigenvalue weighted by molar-refractivity contribution is 7.09. The van der Waals surface area contributed by atoms with Crippen LogP contribution in [0.25, 0.3) is 0 Å². The van der Waals surface area contributed by atoms with Crippen LogP contribution < -0.4 is 10.1 Å². The van der Waals surface area contributed by atoms with Gasteiger partial charge in [0.1, 0.15) is 12.4 Å². The summed E-state index contributed by atoms with van der Waals surface area (Å²) >= 11 is 1.66. The number of rotatable bonds is 8. The van der Waals surface area contributed by atoms with Gasteiger partial charge in [-0.05, 0) is 50.9 Å². The van der Waals surface area contributed by atoms with Gasteiger partial charge in [-0.25, -0.2) is 4.98 Å². The van der Waals surface area contributed by atoms with E-state index >= 15 is 0 Å². The molecule has 0 spiro atoms. The predicted octanol–water partition coefficient (Wildman–Crippen LogP) is 3.96. The lowest BCUT2D eigenvalue weighted by molar-refractivity contribution is 0.302. The predicted molar refractivity (Wildman–Crippen MR) is 89.1 cm³/mol. The minimum absolute atomic E-state index is 0.543. The molecule has 2 rings (SSSR count). The standard InChI is InChI=1S/C17H24N2OS/c1-4-18-13(2)5-6-15-7-9-17(10-8-15)20-11-16-12-21-14(3)19-16/h7-10,12-13,18H,4-6,11H2,1-3H3. The van der Waals surface area contributed by atoms with Gasteiger partial charge in [0.25, 0.3) is 0 Å². The molecule has 1 unspecified atom stereocenters. The molecule has 4 heteroatoms. The van der Waals surface area contributed by atoms with Crippen LogP contribution in [0, 0.1) is 6.92 Å². The monoisotopic (exact) mass is 304 g/mol. The molecule has 2 aromatic rings. The molecule has 0 aliphatic heterocycles. The van der Waals surface area contributed by atoms with Crippen LogP contribution in [0.4, 0.5) is 0 Å². The Kier molecular flexibility index (Phi) is 6.21. The van der Waals surface area contributed by atoms with Crippen molar-refractivity contribution in [3.8, 4) is 5.75 Å². The van der Waals surface area contributed by atoms with Gasteiger partial charge in [0.2, 0.25) is 0 Å². The number of ether oxygens (including phenoxy) is 1. The Hall–Kier alpha value is -1.39. The quantitative estimate of drug-likeness (QED) is 0.801. The second kappa shape index (κ2) is 8.15. The van der Waals surface area contributed by atoms with Gasteiger partial charge in [-0.15, -0.1) is 11.3 Å². The highest BCUT2D eigenvalue weighted by Crippen LogP contribution is 2.16. The molecule has 0 saturated heterocycles. The van der Waals surface area contributed by atoms with Crippen LogP contribution in [-0.4, -0.2) is 17.6 Å². The summed E-state index contributed by atoms with van der Waals surface area (Å²) < 4.78 is 5.76.